The summed E-state index contributed by atoms with van der Waals surface area (Å²) >= 11 is 0. The summed E-state index contributed by atoms with van der Waals surface area (Å²) < 4.78 is 0. The number of rotatable bonds is 4. The van der Waals surface area contributed by atoms with Crippen molar-refractivity contribution in [2.24, 2.45) is 5.92 Å². The molecule has 1 N–H and O–H groups in total. The number of para-hydroxylation sites is 1. The van der Waals surface area contributed by atoms with Crippen LogP contribution in [0.25, 0.3) is 10.9 Å². The Morgan fingerprint density at radius 2 is 1.89 bits per heavy atom. The molecule has 1 unspecified atom stereocenters. The fraction of sp³-hybridized carbons (Fsp3) is 0.438. The van der Waals surface area contributed by atoms with Gasteiger partial charge >= 0.3 is 0 Å². The van der Waals surface area contributed by atoms with E-state index >= 15 is 0 Å². The van der Waals surface area contributed by atoms with Crippen molar-refractivity contribution in [1.82, 2.24) is 4.98 Å². The number of nitrogens with one attached hydrogen (secondary N) is 1. The van der Waals surface area contributed by atoms with Gasteiger partial charge in [0.2, 0.25) is 0 Å². The van der Waals surface area contributed by atoms with E-state index in [0.717, 1.165) is 17.8 Å². The minimum atomic E-state index is 0.456. The maximum Gasteiger partial charge on any atom is 0.129 e. The van der Waals surface area contributed by atoms with Crippen LogP contribution < -0.4 is 5.32 Å². The minimum Gasteiger partial charge on any atom is -0.367 e. The van der Waals surface area contributed by atoms with Crippen molar-refractivity contribution in [3.63, 3.8) is 0 Å². The second kappa shape index (κ2) is 5.38. The lowest BCUT2D eigenvalue weighted by Crippen LogP contribution is -2.18. The van der Waals surface area contributed by atoms with Crippen LogP contribution in [0, 0.1) is 12.8 Å². The largest absolute Gasteiger partial charge is 0.367 e. The van der Waals surface area contributed by atoms with Gasteiger partial charge in [-0.15, -0.1) is 0 Å². The molecule has 1 aromatic heterocycles. The molecule has 0 fully saturated rings. The van der Waals surface area contributed by atoms with Crippen LogP contribution in [0.5, 0.6) is 0 Å². The first-order valence-corrected chi connectivity index (χ1v) is 6.69. The second-order valence-electron chi connectivity index (χ2n) is 5.52. The number of pyridine rings is 1. The maximum atomic E-state index is 4.71. The Hall–Kier alpha value is -1.57. The maximum absolute atomic E-state index is 4.71. The highest BCUT2D eigenvalue weighted by molar-refractivity contribution is 5.81. The molecular weight excluding hydrogens is 220 g/mol. The molecule has 0 saturated heterocycles. The van der Waals surface area contributed by atoms with Crippen molar-refractivity contribution in [3.8, 4) is 0 Å². The van der Waals surface area contributed by atoms with E-state index in [1.54, 1.807) is 0 Å². The predicted molar refractivity (Wildman–Crippen MR) is 79.0 cm³/mol. The Kier molecular flexibility index (Phi) is 3.85. The molecule has 18 heavy (non-hydrogen) atoms. The van der Waals surface area contributed by atoms with E-state index in [1.165, 1.54) is 10.9 Å². The van der Waals surface area contributed by atoms with Crippen LogP contribution in [-0.2, 0) is 0 Å². The Morgan fingerprint density at radius 1 is 1.17 bits per heavy atom. The average molecular weight is 242 g/mol. The molecule has 2 heteroatoms. The third-order valence-corrected chi connectivity index (χ3v) is 3.12. The topological polar surface area (TPSA) is 24.9 Å². The van der Waals surface area contributed by atoms with Crippen molar-refractivity contribution >= 4 is 16.7 Å². The van der Waals surface area contributed by atoms with Crippen LogP contribution >= 0.6 is 0 Å². The van der Waals surface area contributed by atoms with Crippen molar-refractivity contribution in [1.29, 1.82) is 0 Å². The van der Waals surface area contributed by atoms with Gasteiger partial charge < -0.3 is 5.32 Å². The quantitative estimate of drug-likeness (QED) is 0.860. The number of nitrogens with zero attached hydrogens (tertiary/aromatic N) is 1. The molecule has 0 aliphatic carbocycles. The standard InChI is InChI=1S/C16H22N2/c1-11(2)9-13(4)17-16-12(3)10-14-7-5-6-8-15(14)18-16/h5-8,10-11,13H,9H2,1-4H3,(H,17,18). The molecule has 0 amide bonds. The smallest absolute Gasteiger partial charge is 0.129 e. The summed E-state index contributed by atoms with van der Waals surface area (Å²) in [5, 5.41) is 4.73. The van der Waals surface area contributed by atoms with E-state index < -0.39 is 0 Å². The summed E-state index contributed by atoms with van der Waals surface area (Å²) in [6, 6.07) is 10.9. The van der Waals surface area contributed by atoms with Gasteiger partial charge in [0, 0.05) is 11.4 Å². The van der Waals surface area contributed by atoms with Gasteiger partial charge in [0.1, 0.15) is 5.82 Å². The first-order chi connectivity index (χ1) is 8.56. The monoisotopic (exact) mass is 242 g/mol. The summed E-state index contributed by atoms with van der Waals surface area (Å²) in [4.78, 5) is 4.71. The second-order valence-corrected chi connectivity index (χ2v) is 5.52. The molecule has 0 spiro atoms. The number of hydrogen-bond acceptors (Lipinski definition) is 2. The number of benzene rings is 1. The molecule has 2 aromatic rings. The Balaban J connectivity index is 2.25. The average Bonchev–Trinajstić information content (AvgIpc) is 2.29. The molecule has 96 valence electrons. The summed E-state index contributed by atoms with van der Waals surface area (Å²) in [6.45, 7) is 8.83. The number of anilines is 1. The minimum absolute atomic E-state index is 0.456. The van der Waals surface area contributed by atoms with Crippen molar-refractivity contribution in [2.45, 2.75) is 40.2 Å². The predicted octanol–water partition coefficient (Wildman–Crippen LogP) is 4.39. The van der Waals surface area contributed by atoms with Crippen LogP contribution in [0.2, 0.25) is 0 Å². The van der Waals surface area contributed by atoms with E-state index in [-0.39, 0.29) is 0 Å². The van der Waals surface area contributed by atoms with Crippen LogP contribution in [0.15, 0.2) is 30.3 Å². The van der Waals surface area contributed by atoms with Crippen LogP contribution in [0.4, 0.5) is 5.82 Å². The third kappa shape index (κ3) is 3.00. The summed E-state index contributed by atoms with van der Waals surface area (Å²) in [6.07, 6.45) is 1.16. The SMILES string of the molecule is Cc1cc2ccccc2nc1NC(C)CC(C)C. The molecule has 0 saturated carbocycles. The lowest BCUT2D eigenvalue weighted by Gasteiger charge is -2.18. The zero-order chi connectivity index (χ0) is 13.1. The Morgan fingerprint density at radius 3 is 2.61 bits per heavy atom. The highest BCUT2D eigenvalue weighted by Crippen LogP contribution is 2.21. The lowest BCUT2D eigenvalue weighted by molar-refractivity contribution is 0.539. The number of fused-ring (bicyclic) bond motifs is 1. The summed E-state index contributed by atoms with van der Waals surface area (Å²) in [5.74, 6) is 1.72. The van der Waals surface area contributed by atoms with Crippen molar-refractivity contribution in [3.05, 3.63) is 35.9 Å². The van der Waals surface area contributed by atoms with Gasteiger partial charge in [-0.25, -0.2) is 4.98 Å². The van der Waals surface area contributed by atoms with Crippen molar-refractivity contribution < 1.29 is 0 Å². The molecule has 0 bridgehead atoms. The molecule has 2 nitrogen and oxygen atoms in total. The van der Waals surface area contributed by atoms with E-state index in [9.17, 15) is 0 Å². The van der Waals surface area contributed by atoms with Crippen molar-refractivity contribution in [2.75, 3.05) is 5.32 Å². The van der Waals surface area contributed by atoms with E-state index in [0.29, 0.717) is 12.0 Å². The van der Waals surface area contributed by atoms with E-state index in [1.807, 2.05) is 6.07 Å². The van der Waals surface area contributed by atoms with Crippen LogP contribution in [-0.4, -0.2) is 11.0 Å². The van der Waals surface area contributed by atoms with Gasteiger partial charge in [-0.05, 0) is 43.9 Å². The van der Waals surface area contributed by atoms with Crippen LogP contribution in [0.1, 0.15) is 32.8 Å². The first kappa shape index (κ1) is 12.9. The first-order valence-electron chi connectivity index (χ1n) is 6.69. The molecule has 2 rings (SSSR count). The lowest BCUT2D eigenvalue weighted by atomic mass is 10.0. The van der Waals surface area contributed by atoms with Crippen LogP contribution in [0.3, 0.4) is 0 Å². The number of aryl methyl sites for hydroxylation is 1. The fourth-order valence-electron chi connectivity index (χ4n) is 2.37. The zero-order valence-corrected chi connectivity index (χ0v) is 11.7. The molecular formula is C16H22N2. The Labute approximate surface area is 109 Å². The molecule has 1 heterocycles. The molecule has 1 atom stereocenters. The van der Waals surface area contributed by atoms with Gasteiger partial charge in [0.05, 0.1) is 5.52 Å². The van der Waals surface area contributed by atoms with E-state index in [2.05, 4.69) is 57.3 Å². The van der Waals surface area contributed by atoms with Gasteiger partial charge in [-0.3, -0.25) is 0 Å². The number of aromatic nitrogens is 1. The fourth-order valence-corrected chi connectivity index (χ4v) is 2.37. The van der Waals surface area contributed by atoms with Gasteiger partial charge in [0.15, 0.2) is 0 Å². The molecule has 0 radical (unpaired) electrons. The normalized spacial score (nSPS) is 12.9. The van der Waals surface area contributed by atoms with Gasteiger partial charge in [-0.1, -0.05) is 32.0 Å². The summed E-state index contributed by atoms with van der Waals surface area (Å²) in [7, 11) is 0. The third-order valence-electron chi connectivity index (χ3n) is 3.12. The molecule has 1 aromatic carbocycles. The van der Waals surface area contributed by atoms with Gasteiger partial charge in [0.25, 0.3) is 0 Å². The highest BCUT2D eigenvalue weighted by Gasteiger charge is 2.08. The zero-order valence-electron chi connectivity index (χ0n) is 11.7. The molecule has 0 aliphatic rings. The molecule has 0 aliphatic heterocycles. The Bertz CT molecular complexity index is 532. The summed E-state index contributed by atoms with van der Waals surface area (Å²) in [5.41, 5.74) is 2.27. The number of hydrogen-bond donors (Lipinski definition) is 1. The van der Waals surface area contributed by atoms with Gasteiger partial charge in [-0.2, -0.15) is 0 Å². The highest BCUT2D eigenvalue weighted by atomic mass is 15.0. The van der Waals surface area contributed by atoms with E-state index in [4.69, 9.17) is 4.98 Å².